The molecule has 4 unspecified atom stereocenters. The zero-order chi connectivity index (χ0) is 24.7. The van der Waals surface area contributed by atoms with E-state index in [0.717, 1.165) is 13.0 Å². The van der Waals surface area contributed by atoms with Gasteiger partial charge < -0.3 is 4.90 Å². The number of carbonyl (C=O) groups is 3. The summed E-state index contributed by atoms with van der Waals surface area (Å²) in [6.07, 6.45) is 5.03. The number of carbonyl (C=O) groups excluding carboxylic acids is 3. The molecule has 0 spiro atoms. The van der Waals surface area contributed by atoms with Crippen LogP contribution in [0, 0.1) is 16.7 Å². The monoisotopic (exact) mass is 462 g/mol. The second-order valence-corrected chi connectivity index (χ2v) is 10.2. The van der Waals surface area contributed by atoms with Crippen LogP contribution < -0.4 is 0 Å². The minimum absolute atomic E-state index is 0.0408. The second-order valence-electron chi connectivity index (χ2n) is 10.2. The van der Waals surface area contributed by atoms with E-state index in [1.54, 1.807) is 12.4 Å². The molecule has 1 saturated heterocycles. The molecule has 180 valence electrons. The first-order valence-corrected chi connectivity index (χ1v) is 11.9. The van der Waals surface area contributed by atoms with Crippen molar-refractivity contribution < 1.29 is 14.4 Å². The zero-order valence-corrected chi connectivity index (χ0v) is 20.7. The van der Waals surface area contributed by atoms with Gasteiger partial charge in [-0.05, 0) is 91.0 Å². The van der Waals surface area contributed by atoms with Crippen molar-refractivity contribution in [1.29, 1.82) is 0 Å². The lowest BCUT2D eigenvalue weighted by molar-refractivity contribution is -0.185. The molecular weight excluding hydrogens is 428 g/mol. The van der Waals surface area contributed by atoms with Crippen LogP contribution in [-0.2, 0) is 14.4 Å². The van der Waals surface area contributed by atoms with Crippen LogP contribution in [0.15, 0.2) is 48.8 Å². The van der Waals surface area contributed by atoms with Crippen molar-refractivity contribution in [1.82, 2.24) is 19.8 Å². The van der Waals surface area contributed by atoms with Crippen LogP contribution in [0.1, 0.15) is 56.6 Å². The van der Waals surface area contributed by atoms with E-state index < -0.39 is 22.9 Å². The molecule has 1 saturated carbocycles. The molecule has 1 aliphatic heterocycles. The first kappa shape index (κ1) is 24.4. The fraction of sp³-hybridized carbons (Fsp3) is 0.519. The van der Waals surface area contributed by atoms with Crippen LogP contribution in [0.5, 0.6) is 0 Å². The third kappa shape index (κ3) is 3.62. The van der Waals surface area contributed by atoms with Gasteiger partial charge in [0.2, 0.25) is 0 Å². The van der Waals surface area contributed by atoms with E-state index in [2.05, 4.69) is 14.9 Å². The first-order valence-electron chi connectivity index (χ1n) is 11.9. The molecule has 0 amide bonds. The summed E-state index contributed by atoms with van der Waals surface area (Å²) < 4.78 is 0. The maximum atomic E-state index is 14.6. The molecule has 4 atom stereocenters. The number of Topliss-reactive ketones (excluding diaryl/α,β-unsaturated/α-hetero) is 3. The van der Waals surface area contributed by atoms with Gasteiger partial charge in [0, 0.05) is 12.4 Å². The number of aromatic nitrogens is 2. The van der Waals surface area contributed by atoms with E-state index in [-0.39, 0.29) is 23.3 Å². The average Bonchev–Trinajstić information content (AvgIpc) is 2.80. The highest BCUT2D eigenvalue weighted by Crippen LogP contribution is 2.64. The third-order valence-corrected chi connectivity index (χ3v) is 7.96. The van der Waals surface area contributed by atoms with Gasteiger partial charge in [-0.2, -0.15) is 0 Å². The van der Waals surface area contributed by atoms with Gasteiger partial charge in [0.15, 0.2) is 5.78 Å². The molecule has 7 heteroatoms. The number of pyridine rings is 2. The van der Waals surface area contributed by atoms with Gasteiger partial charge in [0.05, 0.1) is 23.5 Å². The molecule has 1 aliphatic carbocycles. The molecule has 2 aromatic heterocycles. The summed E-state index contributed by atoms with van der Waals surface area (Å²) in [5.74, 6) is -0.608. The standard InChI is InChI=1S/C27H34N4O3/c1-18(32)26-16-20(12-15-30(3)4)17-27(19(2)33,25(26)34)24(22-11-7-9-14-29-22)31(5)23(26)21-10-6-8-13-28-21/h6-11,13-14,20,23-24H,12,15-17H2,1-5H3. The van der Waals surface area contributed by atoms with Gasteiger partial charge in [-0.3, -0.25) is 29.3 Å². The van der Waals surface area contributed by atoms with E-state index in [9.17, 15) is 14.4 Å². The highest BCUT2D eigenvalue weighted by Gasteiger charge is 2.72. The van der Waals surface area contributed by atoms with E-state index >= 15 is 0 Å². The fourth-order valence-electron chi connectivity index (χ4n) is 6.52. The number of hydrogen-bond acceptors (Lipinski definition) is 7. The number of hydrogen-bond donors (Lipinski definition) is 0. The zero-order valence-electron chi connectivity index (χ0n) is 20.7. The molecule has 7 nitrogen and oxygen atoms in total. The molecule has 0 radical (unpaired) electrons. The normalized spacial score (nSPS) is 31.5. The Kier molecular flexibility index (Phi) is 6.53. The summed E-state index contributed by atoms with van der Waals surface area (Å²) >= 11 is 0. The SMILES string of the molecule is CC(=O)C12CC(CCN(C)C)CC(C(C)=O)(C1=O)C(c1ccccn1)N(C)C2c1ccccn1. The second kappa shape index (κ2) is 9.12. The van der Waals surface area contributed by atoms with Gasteiger partial charge in [0.25, 0.3) is 0 Å². The Morgan fingerprint density at radius 2 is 1.41 bits per heavy atom. The molecular formula is C27H34N4O3. The molecule has 2 aromatic rings. The average molecular weight is 463 g/mol. The molecule has 0 N–H and O–H groups in total. The summed E-state index contributed by atoms with van der Waals surface area (Å²) in [4.78, 5) is 55.0. The molecule has 2 bridgehead atoms. The number of nitrogens with zero attached hydrogens (tertiary/aromatic N) is 4. The Labute approximate surface area is 201 Å². The topological polar surface area (TPSA) is 83.5 Å². The van der Waals surface area contributed by atoms with E-state index in [0.29, 0.717) is 24.2 Å². The third-order valence-electron chi connectivity index (χ3n) is 7.96. The van der Waals surface area contributed by atoms with Crippen LogP contribution in [0.4, 0.5) is 0 Å². The van der Waals surface area contributed by atoms with E-state index in [1.807, 2.05) is 62.4 Å². The quantitative estimate of drug-likeness (QED) is 0.584. The maximum absolute atomic E-state index is 14.6. The predicted octanol–water partition coefficient (Wildman–Crippen LogP) is 3.29. The smallest absolute Gasteiger partial charge is 0.163 e. The molecule has 4 rings (SSSR count). The number of rotatable bonds is 7. The van der Waals surface area contributed by atoms with Crippen molar-refractivity contribution in [3.8, 4) is 0 Å². The van der Waals surface area contributed by atoms with E-state index in [4.69, 9.17) is 0 Å². The largest absolute Gasteiger partial charge is 0.309 e. The fourth-order valence-corrected chi connectivity index (χ4v) is 6.52. The van der Waals surface area contributed by atoms with Crippen molar-refractivity contribution in [2.45, 2.75) is 45.2 Å². The highest BCUT2D eigenvalue weighted by molar-refractivity contribution is 6.19. The minimum atomic E-state index is -1.34. The first-order chi connectivity index (χ1) is 16.2. The Morgan fingerprint density at radius 3 is 1.76 bits per heavy atom. The van der Waals surface area contributed by atoms with Crippen molar-refractivity contribution in [3.05, 3.63) is 60.2 Å². The number of ketones is 3. The molecule has 3 heterocycles. The lowest BCUT2D eigenvalue weighted by Crippen LogP contribution is -2.69. The van der Waals surface area contributed by atoms with Gasteiger partial charge in [-0.25, -0.2) is 0 Å². The minimum Gasteiger partial charge on any atom is -0.309 e. The molecule has 2 aliphatic rings. The summed E-state index contributed by atoms with van der Waals surface area (Å²) in [6.45, 7) is 3.82. The van der Waals surface area contributed by atoms with Crippen molar-refractivity contribution in [2.75, 3.05) is 27.7 Å². The molecule has 2 fully saturated rings. The number of fused-ring (bicyclic) bond motifs is 2. The van der Waals surface area contributed by atoms with Crippen molar-refractivity contribution >= 4 is 17.3 Å². The van der Waals surface area contributed by atoms with Gasteiger partial charge in [0.1, 0.15) is 22.4 Å². The highest BCUT2D eigenvalue weighted by atomic mass is 16.2. The Hall–Kier alpha value is -2.77. The van der Waals surface area contributed by atoms with Crippen LogP contribution in [0.25, 0.3) is 0 Å². The lowest BCUT2D eigenvalue weighted by Gasteiger charge is -2.61. The summed E-state index contributed by atoms with van der Waals surface area (Å²) in [5, 5.41) is 0. The Morgan fingerprint density at radius 1 is 0.941 bits per heavy atom. The number of likely N-dealkylation sites (tertiary alicyclic amines) is 1. The van der Waals surface area contributed by atoms with Gasteiger partial charge in [-0.1, -0.05) is 12.1 Å². The van der Waals surface area contributed by atoms with Crippen LogP contribution >= 0.6 is 0 Å². The van der Waals surface area contributed by atoms with Gasteiger partial charge in [-0.15, -0.1) is 0 Å². The summed E-state index contributed by atoms with van der Waals surface area (Å²) in [6, 6.07) is 9.99. The number of piperidine rings is 1. The van der Waals surface area contributed by atoms with Crippen LogP contribution in [-0.4, -0.2) is 64.8 Å². The molecule has 34 heavy (non-hydrogen) atoms. The predicted molar refractivity (Wildman–Crippen MR) is 129 cm³/mol. The summed E-state index contributed by atoms with van der Waals surface area (Å²) in [7, 11) is 5.93. The van der Waals surface area contributed by atoms with Crippen molar-refractivity contribution in [3.63, 3.8) is 0 Å². The lowest BCUT2D eigenvalue weighted by atomic mass is 9.46. The van der Waals surface area contributed by atoms with Crippen LogP contribution in [0.2, 0.25) is 0 Å². The Bertz CT molecular complexity index is 996. The van der Waals surface area contributed by atoms with Crippen LogP contribution in [0.3, 0.4) is 0 Å². The maximum Gasteiger partial charge on any atom is 0.163 e. The molecule has 0 aromatic carbocycles. The van der Waals surface area contributed by atoms with E-state index in [1.165, 1.54) is 13.8 Å². The Balaban J connectivity index is 2.00. The summed E-state index contributed by atoms with van der Waals surface area (Å²) in [5.41, 5.74) is -1.34. The van der Waals surface area contributed by atoms with Crippen molar-refractivity contribution in [2.24, 2.45) is 16.7 Å². The van der Waals surface area contributed by atoms with Gasteiger partial charge >= 0.3 is 0 Å².